The number of hydrogen-bond donors (Lipinski definition) is 0. The molecule has 0 fully saturated rings. The second-order valence-electron chi connectivity index (χ2n) is 16.2. The third kappa shape index (κ3) is 5.60. The molecule has 4 nitrogen and oxygen atoms in total. The zero-order chi connectivity index (χ0) is 39.0. The Morgan fingerprint density at radius 3 is 1.22 bits per heavy atom. The van der Waals surface area contributed by atoms with Crippen LogP contribution in [0.1, 0.15) is 26.3 Å². The van der Waals surface area contributed by atoms with Crippen molar-refractivity contribution in [3.05, 3.63) is 194 Å². The summed E-state index contributed by atoms with van der Waals surface area (Å²) in [4.78, 5) is 4.60. The molecule has 0 aliphatic carbocycles. The molecule has 11 rings (SSSR count). The van der Waals surface area contributed by atoms with Gasteiger partial charge < -0.3 is 18.6 Å². The Hall–Kier alpha value is -7.30. The summed E-state index contributed by atoms with van der Waals surface area (Å²) in [6, 6.07) is 66.7. The number of para-hydroxylation sites is 4. The predicted molar refractivity (Wildman–Crippen MR) is 244 cm³/mol. The van der Waals surface area contributed by atoms with Crippen molar-refractivity contribution in [2.75, 3.05) is 9.80 Å². The van der Waals surface area contributed by atoms with Crippen molar-refractivity contribution >= 4 is 99.5 Å². The minimum absolute atomic E-state index is 0.231. The highest BCUT2D eigenvalue weighted by atomic mass is 16.3. The summed E-state index contributed by atoms with van der Waals surface area (Å²) >= 11 is 0. The third-order valence-electron chi connectivity index (χ3n) is 11.4. The van der Waals surface area contributed by atoms with Gasteiger partial charge in [-0.05, 0) is 130 Å². The molecule has 2 heterocycles. The Labute approximate surface area is 336 Å². The van der Waals surface area contributed by atoms with E-state index in [0.717, 1.165) is 105 Å². The van der Waals surface area contributed by atoms with E-state index in [1.54, 1.807) is 0 Å². The molecule has 0 saturated carbocycles. The van der Waals surface area contributed by atoms with E-state index in [9.17, 15) is 0 Å². The number of nitrogens with zero attached hydrogens (tertiary/aromatic N) is 2. The summed E-state index contributed by atoms with van der Waals surface area (Å²) in [6.45, 7) is 6.81. The van der Waals surface area contributed by atoms with Gasteiger partial charge in [0, 0.05) is 61.2 Å². The van der Waals surface area contributed by atoms with E-state index in [1.807, 2.05) is 0 Å². The SMILES string of the molecule is CC(C)(C)c1c2oc3cc4cc(N(c5ccccc5)c5ccccc5)ccc4cc3c2cc2oc3cc4cc(N(c5ccccc5)c5ccccc5)ccc4cc3c12. The van der Waals surface area contributed by atoms with Crippen LogP contribution in [0.4, 0.5) is 34.1 Å². The van der Waals surface area contributed by atoms with Crippen molar-refractivity contribution in [3.63, 3.8) is 0 Å². The fourth-order valence-corrected chi connectivity index (χ4v) is 8.82. The number of benzene rings is 9. The van der Waals surface area contributed by atoms with Gasteiger partial charge in [0.1, 0.15) is 22.3 Å². The van der Waals surface area contributed by atoms with Gasteiger partial charge in [0.2, 0.25) is 0 Å². The lowest BCUT2D eigenvalue weighted by molar-refractivity contribution is 0.577. The zero-order valence-corrected chi connectivity index (χ0v) is 32.6. The topological polar surface area (TPSA) is 32.8 Å². The van der Waals surface area contributed by atoms with Crippen LogP contribution in [0.2, 0.25) is 0 Å². The molecule has 58 heavy (non-hydrogen) atoms. The van der Waals surface area contributed by atoms with Crippen molar-refractivity contribution in [3.8, 4) is 0 Å². The van der Waals surface area contributed by atoms with Gasteiger partial charge in [0.05, 0.1) is 0 Å². The van der Waals surface area contributed by atoms with Gasteiger partial charge in [0.15, 0.2) is 0 Å². The van der Waals surface area contributed by atoms with Crippen LogP contribution < -0.4 is 9.80 Å². The molecule has 0 N–H and O–H groups in total. The molecule has 0 saturated heterocycles. The van der Waals surface area contributed by atoms with Gasteiger partial charge in [-0.15, -0.1) is 0 Å². The van der Waals surface area contributed by atoms with Gasteiger partial charge in [-0.25, -0.2) is 0 Å². The van der Waals surface area contributed by atoms with Crippen LogP contribution in [-0.4, -0.2) is 0 Å². The van der Waals surface area contributed by atoms with Gasteiger partial charge in [-0.2, -0.15) is 0 Å². The molecule has 0 atom stereocenters. The van der Waals surface area contributed by atoms with E-state index in [4.69, 9.17) is 8.83 Å². The molecule has 4 heteroatoms. The summed E-state index contributed by atoms with van der Waals surface area (Å²) in [6.07, 6.45) is 0. The van der Waals surface area contributed by atoms with Gasteiger partial charge in [-0.1, -0.05) is 106 Å². The van der Waals surface area contributed by atoms with Crippen LogP contribution >= 0.6 is 0 Å². The first-order valence-corrected chi connectivity index (χ1v) is 19.9. The molecule has 2 aromatic heterocycles. The van der Waals surface area contributed by atoms with Crippen LogP contribution in [0.3, 0.4) is 0 Å². The first-order chi connectivity index (χ1) is 28.4. The molecule has 11 aromatic rings. The highest BCUT2D eigenvalue weighted by Crippen LogP contribution is 2.47. The van der Waals surface area contributed by atoms with Crippen molar-refractivity contribution in [1.82, 2.24) is 0 Å². The molecule has 0 radical (unpaired) electrons. The van der Waals surface area contributed by atoms with Crippen LogP contribution in [0.25, 0.3) is 65.4 Å². The van der Waals surface area contributed by atoms with E-state index in [0.29, 0.717) is 0 Å². The summed E-state index contributed by atoms with van der Waals surface area (Å²) in [5.41, 5.74) is 11.1. The second-order valence-corrected chi connectivity index (χ2v) is 16.2. The number of anilines is 6. The second kappa shape index (κ2) is 13.1. The predicted octanol–water partition coefficient (Wildman–Crippen LogP) is 16.0. The van der Waals surface area contributed by atoms with E-state index in [-0.39, 0.29) is 5.41 Å². The lowest BCUT2D eigenvalue weighted by atomic mass is 9.82. The van der Waals surface area contributed by atoms with E-state index in [2.05, 4.69) is 219 Å². The Kier molecular flexibility index (Phi) is 7.70. The maximum atomic E-state index is 6.97. The Morgan fingerprint density at radius 2 is 0.776 bits per heavy atom. The average Bonchev–Trinajstić information content (AvgIpc) is 3.78. The van der Waals surface area contributed by atoms with Crippen molar-refractivity contribution in [1.29, 1.82) is 0 Å². The number of rotatable bonds is 6. The summed E-state index contributed by atoms with van der Waals surface area (Å²) in [5.74, 6) is 0. The molecule has 0 aliphatic heterocycles. The van der Waals surface area contributed by atoms with E-state index < -0.39 is 0 Å². The molecule has 278 valence electrons. The number of furan rings is 2. The molecule has 0 aliphatic rings. The van der Waals surface area contributed by atoms with Crippen LogP contribution in [0.15, 0.2) is 197 Å². The third-order valence-corrected chi connectivity index (χ3v) is 11.4. The molecule has 9 aromatic carbocycles. The zero-order valence-electron chi connectivity index (χ0n) is 32.6. The fourth-order valence-electron chi connectivity index (χ4n) is 8.82. The quantitative estimate of drug-likeness (QED) is 0.170. The average molecular weight is 749 g/mol. The number of fused-ring (bicyclic) bond motifs is 8. The maximum absolute atomic E-state index is 6.97. The summed E-state index contributed by atoms with van der Waals surface area (Å²) < 4.78 is 13.8. The van der Waals surface area contributed by atoms with Crippen molar-refractivity contribution in [2.24, 2.45) is 0 Å². The molecular formula is C54H40N2O2. The van der Waals surface area contributed by atoms with Crippen LogP contribution in [0.5, 0.6) is 0 Å². The Morgan fingerprint density at radius 1 is 0.345 bits per heavy atom. The van der Waals surface area contributed by atoms with E-state index in [1.165, 1.54) is 0 Å². The van der Waals surface area contributed by atoms with Crippen LogP contribution in [-0.2, 0) is 5.41 Å². The molecule has 0 unspecified atom stereocenters. The first-order valence-electron chi connectivity index (χ1n) is 19.9. The standard InChI is InChI=1S/C54H40N2O2/c1-54(2,3)52-51-47-31-36-25-27-44(56(41-20-12-6-13-21-41)42-22-14-7-15-23-42)29-38(36)33-49(47)57-50(51)34-46-45-30-35-24-26-43(28-37(35)32-48(45)58-53(46)52)55(39-16-8-4-9-17-39)40-18-10-5-11-19-40/h4-34H,1-3H3. The molecular weight excluding hydrogens is 709 g/mol. The Bertz CT molecular complexity index is 3130. The summed E-state index contributed by atoms with van der Waals surface area (Å²) in [7, 11) is 0. The molecule has 0 spiro atoms. The van der Waals surface area contributed by atoms with Crippen molar-refractivity contribution < 1.29 is 8.83 Å². The monoisotopic (exact) mass is 748 g/mol. The van der Waals surface area contributed by atoms with E-state index >= 15 is 0 Å². The van der Waals surface area contributed by atoms with Crippen molar-refractivity contribution in [2.45, 2.75) is 26.2 Å². The first kappa shape index (κ1) is 34.0. The Balaban J connectivity index is 1.07. The maximum Gasteiger partial charge on any atom is 0.140 e. The highest BCUT2D eigenvalue weighted by molar-refractivity contribution is 6.20. The lowest BCUT2D eigenvalue weighted by Crippen LogP contribution is -2.12. The highest BCUT2D eigenvalue weighted by Gasteiger charge is 2.28. The lowest BCUT2D eigenvalue weighted by Gasteiger charge is -2.25. The van der Waals surface area contributed by atoms with Gasteiger partial charge in [-0.3, -0.25) is 0 Å². The summed E-state index contributed by atoms with van der Waals surface area (Å²) in [5, 5.41) is 8.93. The minimum atomic E-state index is -0.231. The largest absolute Gasteiger partial charge is 0.456 e. The van der Waals surface area contributed by atoms with Crippen LogP contribution in [0, 0.1) is 0 Å². The fraction of sp³-hybridized carbons (Fsp3) is 0.0741. The van der Waals surface area contributed by atoms with Gasteiger partial charge >= 0.3 is 0 Å². The normalized spacial score (nSPS) is 12.1. The minimum Gasteiger partial charge on any atom is -0.456 e. The molecule has 0 bridgehead atoms. The smallest absolute Gasteiger partial charge is 0.140 e. The molecule has 0 amide bonds. The number of hydrogen-bond acceptors (Lipinski definition) is 4. The van der Waals surface area contributed by atoms with Gasteiger partial charge in [0.25, 0.3) is 0 Å².